The van der Waals surface area contributed by atoms with Crippen LogP contribution in [0, 0.1) is 0 Å². The Morgan fingerprint density at radius 3 is 2.83 bits per heavy atom. The van der Waals surface area contributed by atoms with E-state index in [2.05, 4.69) is 4.98 Å². The number of rotatable bonds is 5. The van der Waals surface area contributed by atoms with E-state index >= 15 is 0 Å². The fourth-order valence-electron chi connectivity index (χ4n) is 4.18. The predicted octanol–water partition coefficient (Wildman–Crippen LogP) is 2.14. The van der Waals surface area contributed by atoms with Crippen LogP contribution in [0.5, 0.6) is 17.2 Å². The Morgan fingerprint density at radius 1 is 1.17 bits per heavy atom. The molecule has 10 nitrogen and oxygen atoms in total. The van der Waals surface area contributed by atoms with Crippen LogP contribution < -0.4 is 19.8 Å². The summed E-state index contributed by atoms with van der Waals surface area (Å²) in [4.78, 5) is 45.4. The molecule has 35 heavy (non-hydrogen) atoms. The number of hydrogen-bond donors (Lipinski definition) is 0. The predicted molar refractivity (Wildman–Crippen MR) is 126 cm³/mol. The molecule has 0 unspecified atom stereocenters. The summed E-state index contributed by atoms with van der Waals surface area (Å²) in [6, 6.07) is 6.69. The highest BCUT2D eigenvalue weighted by Crippen LogP contribution is 2.40. The van der Waals surface area contributed by atoms with Crippen LogP contribution in [0.15, 0.2) is 40.6 Å². The standard InChI is InChI=1S/C24H23N3O7S/c1-31-24(30)20-16-5-7-26(23(29)22-21-18(14-35-22)32-10-11-33-21)8-9-27(16)19(28)12-17(20)34-13-15-4-2-3-6-25-15/h2-4,6,12,14H,5,7-11,13H2,1H3. The number of methoxy groups -OCH3 is 1. The molecule has 182 valence electrons. The maximum Gasteiger partial charge on any atom is 0.343 e. The molecule has 0 saturated heterocycles. The van der Waals surface area contributed by atoms with Crippen molar-refractivity contribution in [1.82, 2.24) is 14.5 Å². The lowest BCUT2D eigenvalue weighted by Gasteiger charge is -2.21. The maximum atomic E-state index is 13.3. The normalized spacial score (nSPS) is 14.6. The molecule has 0 aliphatic carbocycles. The molecule has 0 bridgehead atoms. The molecule has 11 heteroatoms. The second kappa shape index (κ2) is 9.79. The van der Waals surface area contributed by atoms with Crippen molar-refractivity contribution in [2.45, 2.75) is 19.6 Å². The average Bonchev–Trinajstić information content (AvgIpc) is 3.19. The molecule has 2 aliphatic rings. The van der Waals surface area contributed by atoms with Gasteiger partial charge in [0.25, 0.3) is 11.5 Å². The summed E-state index contributed by atoms with van der Waals surface area (Å²) in [5.74, 6) is 0.361. The molecular weight excluding hydrogens is 474 g/mol. The first-order valence-electron chi connectivity index (χ1n) is 11.1. The number of carbonyl (C=O) groups is 2. The minimum atomic E-state index is -0.609. The fraction of sp³-hybridized carbons (Fsp3) is 0.333. The van der Waals surface area contributed by atoms with E-state index < -0.39 is 5.97 Å². The Labute approximate surface area is 204 Å². The smallest absolute Gasteiger partial charge is 0.343 e. The average molecular weight is 498 g/mol. The van der Waals surface area contributed by atoms with E-state index in [1.165, 1.54) is 29.1 Å². The van der Waals surface area contributed by atoms with Crippen molar-refractivity contribution in [2.24, 2.45) is 0 Å². The van der Waals surface area contributed by atoms with Crippen LogP contribution in [0.3, 0.4) is 0 Å². The number of thiophene rings is 1. The van der Waals surface area contributed by atoms with Crippen LogP contribution >= 0.6 is 11.3 Å². The number of ether oxygens (including phenoxy) is 4. The summed E-state index contributed by atoms with van der Waals surface area (Å²) in [5, 5.41) is 1.76. The minimum Gasteiger partial charge on any atom is -0.486 e. The van der Waals surface area contributed by atoms with Crippen LogP contribution in [-0.4, -0.2) is 59.7 Å². The third kappa shape index (κ3) is 4.46. The number of carbonyl (C=O) groups excluding carboxylic acids is 2. The SMILES string of the molecule is COC(=O)c1c(OCc2ccccn2)cc(=O)n2c1CCN(C(=O)c1scc3c1OCCO3)CC2. The summed E-state index contributed by atoms with van der Waals surface area (Å²) in [6.07, 6.45) is 1.91. The summed E-state index contributed by atoms with van der Waals surface area (Å²) in [6.45, 7) is 1.75. The zero-order valence-corrected chi connectivity index (χ0v) is 19.8. The topological polar surface area (TPSA) is 109 Å². The molecule has 0 atom stereocenters. The Kier molecular flexibility index (Phi) is 6.41. The van der Waals surface area contributed by atoms with Gasteiger partial charge in [-0.2, -0.15) is 0 Å². The van der Waals surface area contributed by atoms with Gasteiger partial charge in [-0.05, 0) is 12.1 Å². The molecule has 3 aromatic heterocycles. The van der Waals surface area contributed by atoms with Gasteiger partial charge >= 0.3 is 5.97 Å². The third-order valence-corrected chi connectivity index (χ3v) is 6.79. The van der Waals surface area contributed by atoms with Crippen molar-refractivity contribution < 1.29 is 28.5 Å². The van der Waals surface area contributed by atoms with Crippen LogP contribution in [0.25, 0.3) is 0 Å². The Balaban J connectivity index is 1.43. The van der Waals surface area contributed by atoms with E-state index in [-0.39, 0.29) is 42.4 Å². The Hall–Kier alpha value is -3.86. The molecule has 0 saturated carbocycles. The van der Waals surface area contributed by atoms with Crippen molar-refractivity contribution >= 4 is 23.2 Å². The lowest BCUT2D eigenvalue weighted by atomic mass is 10.1. The van der Waals surface area contributed by atoms with Gasteiger partial charge in [-0.15, -0.1) is 11.3 Å². The highest BCUT2D eigenvalue weighted by Gasteiger charge is 2.31. The zero-order chi connectivity index (χ0) is 24.4. The first-order chi connectivity index (χ1) is 17.1. The van der Waals surface area contributed by atoms with E-state index in [9.17, 15) is 14.4 Å². The molecule has 0 spiro atoms. The molecule has 0 fully saturated rings. The van der Waals surface area contributed by atoms with Gasteiger partial charge in [0.05, 0.1) is 12.8 Å². The lowest BCUT2D eigenvalue weighted by molar-refractivity contribution is 0.0592. The summed E-state index contributed by atoms with van der Waals surface area (Å²) < 4.78 is 23.6. The van der Waals surface area contributed by atoms with Gasteiger partial charge in [0.15, 0.2) is 11.5 Å². The van der Waals surface area contributed by atoms with Gasteiger partial charge in [-0.3, -0.25) is 14.6 Å². The number of esters is 1. The van der Waals surface area contributed by atoms with E-state index in [0.717, 1.165) is 0 Å². The van der Waals surface area contributed by atoms with Crippen LogP contribution in [-0.2, 0) is 24.3 Å². The lowest BCUT2D eigenvalue weighted by Crippen LogP contribution is -2.34. The van der Waals surface area contributed by atoms with Gasteiger partial charge in [-0.1, -0.05) is 6.07 Å². The van der Waals surface area contributed by atoms with Gasteiger partial charge in [-0.25, -0.2) is 4.79 Å². The number of hydrogen-bond acceptors (Lipinski definition) is 9. The number of nitrogens with zero attached hydrogens (tertiary/aromatic N) is 3. The molecule has 5 rings (SSSR count). The van der Waals surface area contributed by atoms with Crippen molar-refractivity contribution in [1.29, 1.82) is 0 Å². The highest BCUT2D eigenvalue weighted by atomic mass is 32.1. The number of amides is 1. The highest BCUT2D eigenvalue weighted by molar-refractivity contribution is 7.12. The van der Waals surface area contributed by atoms with Gasteiger partial charge in [0.1, 0.15) is 36.0 Å². The molecule has 0 aromatic carbocycles. The fourth-order valence-corrected chi connectivity index (χ4v) is 5.07. The molecule has 1 amide bonds. The molecular formula is C24H23N3O7S. The quantitative estimate of drug-likeness (QED) is 0.494. The van der Waals surface area contributed by atoms with Crippen molar-refractivity contribution in [2.75, 3.05) is 33.4 Å². The Bertz CT molecular complexity index is 1320. The van der Waals surface area contributed by atoms with E-state index in [1.807, 2.05) is 6.07 Å². The number of aromatic nitrogens is 2. The second-order valence-electron chi connectivity index (χ2n) is 7.92. The molecule has 5 heterocycles. The summed E-state index contributed by atoms with van der Waals surface area (Å²) >= 11 is 1.27. The second-order valence-corrected chi connectivity index (χ2v) is 8.80. The minimum absolute atomic E-state index is 0.0872. The summed E-state index contributed by atoms with van der Waals surface area (Å²) in [7, 11) is 1.28. The Morgan fingerprint density at radius 2 is 2.03 bits per heavy atom. The number of fused-ring (bicyclic) bond motifs is 2. The number of pyridine rings is 2. The van der Waals surface area contributed by atoms with E-state index in [4.69, 9.17) is 18.9 Å². The zero-order valence-electron chi connectivity index (χ0n) is 19.0. The van der Waals surface area contributed by atoms with E-state index in [1.54, 1.807) is 28.6 Å². The largest absolute Gasteiger partial charge is 0.486 e. The van der Waals surface area contributed by atoms with Gasteiger partial charge in [0, 0.05) is 49.4 Å². The van der Waals surface area contributed by atoms with E-state index in [0.29, 0.717) is 54.1 Å². The molecule has 0 radical (unpaired) electrons. The molecule has 0 N–H and O–H groups in total. The van der Waals surface area contributed by atoms with Crippen molar-refractivity contribution in [3.8, 4) is 17.2 Å². The van der Waals surface area contributed by atoms with Crippen LogP contribution in [0.1, 0.15) is 31.4 Å². The first kappa shape index (κ1) is 22.9. The van der Waals surface area contributed by atoms with Crippen LogP contribution in [0.4, 0.5) is 0 Å². The first-order valence-corrected chi connectivity index (χ1v) is 12.0. The third-order valence-electron chi connectivity index (χ3n) is 5.87. The van der Waals surface area contributed by atoms with Crippen molar-refractivity contribution in [3.05, 3.63) is 68.0 Å². The van der Waals surface area contributed by atoms with Crippen LogP contribution in [0.2, 0.25) is 0 Å². The van der Waals surface area contributed by atoms with Gasteiger partial charge in [0.2, 0.25) is 0 Å². The molecule has 3 aromatic rings. The van der Waals surface area contributed by atoms with Crippen molar-refractivity contribution in [3.63, 3.8) is 0 Å². The summed E-state index contributed by atoms with van der Waals surface area (Å²) in [5.41, 5.74) is 0.995. The monoisotopic (exact) mass is 497 g/mol. The molecule has 2 aliphatic heterocycles. The van der Waals surface area contributed by atoms with Gasteiger partial charge < -0.3 is 28.4 Å². The maximum absolute atomic E-state index is 13.3.